The summed E-state index contributed by atoms with van der Waals surface area (Å²) in [5.74, 6) is 0.631. The van der Waals surface area contributed by atoms with Crippen LogP contribution < -0.4 is 15.5 Å². The van der Waals surface area contributed by atoms with Gasteiger partial charge in [0.2, 0.25) is 0 Å². The van der Waals surface area contributed by atoms with Crippen LogP contribution >= 0.6 is 0 Å². The molecule has 0 bridgehead atoms. The van der Waals surface area contributed by atoms with Crippen molar-refractivity contribution in [2.75, 3.05) is 15.5 Å². The van der Waals surface area contributed by atoms with Crippen LogP contribution in [0.3, 0.4) is 0 Å². The van der Waals surface area contributed by atoms with E-state index in [0.717, 1.165) is 80.7 Å². The standard InChI is InChI=1S/C58H54N6/c1-3-5-12-42(4-2)41-62-57-35-17-43(39-59)37-55(57)56-38-44(18-36-58(56)62)40-61-48-25-33-54(34-26-48)64(50-15-10-7-11-16-50)52-29-21-46(22-30-52)45-19-27-51(28-20-45)63(49-13-8-6-9-14-49)53-31-23-47(60)24-32-53/h6-11,13-40,42,59H,3-5,12,41,60H2,1-2H3. The quantitative estimate of drug-likeness (QED) is 0.0752. The van der Waals surface area contributed by atoms with Crippen molar-refractivity contribution in [3.05, 3.63) is 205 Å². The number of aliphatic imine (C=N–C) groups is 1. The Labute approximate surface area is 377 Å². The molecule has 9 aromatic rings. The molecule has 0 amide bonds. The van der Waals surface area contributed by atoms with E-state index in [-0.39, 0.29) is 0 Å². The van der Waals surface area contributed by atoms with E-state index in [4.69, 9.17) is 16.1 Å². The van der Waals surface area contributed by atoms with Gasteiger partial charge in [-0.3, -0.25) is 4.99 Å². The van der Waals surface area contributed by atoms with E-state index in [1.807, 2.05) is 24.4 Å². The van der Waals surface area contributed by atoms with Crippen LogP contribution in [0.5, 0.6) is 0 Å². The summed E-state index contributed by atoms with van der Waals surface area (Å²) in [5.41, 5.74) is 20.8. The van der Waals surface area contributed by atoms with Gasteiger partial charge in [-0.25, -0.2) is 0 Å². The van der Waals surface area contributed by atoms with E-state index in [0.29, 0.717) is 5.92 Å². The number of nitrogens with one attached hydrogen (secondary N) is 1. The van der Waals surface area contributed by atoms with E-state index in [9.17, 15) is 0 Å². The lowest BCUT2D eigenvalue weighted by atomic mass is 9.99. The van der Waals surface area contributed by atoms with Crippen molar-refractivity contribution in [2.45, 2.75) is 46.1 Å². The summed E-state index contributed by atoms with van der Waals surface area (Å²) < 4.78 is 2.50. The number of nitrogens with zero attached hydrogens (tertiary/aromatic N) is 4. The van der Waals surface area contributed by atoms with Gasteiger partial charge in [-0.15, -0.1) is 0 Å². The minimum absolute atomic E-state index is 0.631. The second-order valence-corrected chi connectivity index (χ2v) is 16.5. The average Bonchev–Trinajstić information content (AvgIpc) is 3.65. The van der Waals surface area contributed by atoms with Gasteiger partial charge in [0, 0.05) is 80.6 Å². The Balaban J connectivity index is 0.961. The fraction of sp³-hybridized carbons (Fsp3) is 0.138. The minimum atomic E-state index is 0.631. The summed E-state index contributed by atoms with van der Waals surface area (Å²) in [6.45, 7) is 5.58. The van der Waals surface area contributed by atoms with Gasteiger partial charge in [-0.1, -0.05) is 106 Å². The molecule has 316 valence electrons. The lowest BCUT2D eigenvalue weighted by Crippen LogP contribution is -2.10. The van der Waals surface area contributed by atoms with E-state index in [2.05, 4.69) is 204 Å². The molecule has 0 spiro atoms. The van der Waals surface area contributed by atoms with Gasteiger partial charge < -0.3 is 25.5 Å². The van der Waals surface area contributed by atoms with Crippen LogP contribution in [-0.2, 0) is 6.54 Å². The highest BCUT2D eigenvalue weighted by Crippen LogP contribution is 2.39. The molecule has 0 fully saturated rings. The SMILES string of the molecule is CCCCC(CC)Cn1c2ccc(C=N)cc2c2cc(C=Nc3ccc(N(c4ccccc4)c4ccc(-c5ccc(N(c6ccccc6)c6ccc(N)cc6)cc5)cc4)cc3)ccc21. The van der Waals surface area contributed by atoms with Crippen molar-refractivity contribution in [3.63, 3.8) is 0 Å². The maximum absolute atomic E-state index is 7.94. The van der Waals surface area contributed by atoms with Crippen molar-refractivity contribution in [1.29, 1.82) is 5.41 Å². The summed E-state index contributed by atoms with van der Waals surface area (Å²) in [6.07, 6.45) is 8.28. The third kappa shape index (κ3) is 8.95. The number of nitrogen functional groups attached to an aromatic ring is 1. The van der Waals surface area contributed by atoms with Crippen molar-refractivity contribution in [3.8, 4) is 11.1 Å². The molecule has 6 nitrogen and oxygen atoms in total. The summed E-state index contributed by atoms with van der Waals surface area (Å²) in [7, 11) is 0. The number of benzene rings is 8. The van der Waals surface area contributed by atoms with Crippen LogP contribution in [0.1, 0.15) is 50.7 Å². The Morgan fingerprint density at radius 2 is 1.00 bits per heavy atom. The number of anilines is 7. The molecule has 8 aromatic carbocycles. The Bertz CT molecular complexity index is 2990. The molecule has 1 unspecified atom stereocenters. The van der Waals surface area contributed by atoms with Crippen LogP contribution in [-0.4, -0.2) is 17.0 Å². The third-order valence-corrected chi connectivity index (χ3v) is 12.3. The van der Waals surface area contributed by atoms with Crippen molar-refractivity contribution in [1.82, 2.24) is 4.57 Å². The largest absolute Gasteiger partial charge is 0.399 e. The molecule has 3 N–H and O–H groups in total. The number of fused-ring (bicyclic) bond motifs is 3. The molecule has 0 aliphatic rings. The number of unbranched alkanes of at least 4 members (excludes halogenated alkanes) is 1. The maximum Gasteiger partial charge on any atom is 0.0631 e. The summed E-state index contributed by atoms with van der Waals surface area (Å²) in [4.78, 5) is 9.47. The first-order valence-corrected chi connectivity index (χ1v) is 22.5. The molecule has 0 aliphatic carbocycles. The molecule has 0 radical (unpaired) electrons. The summed E-state index contributed by atoms with van der Waals surface area (Å²) >= 11 is 0. The lowest BCUT2D eigenvalue weighted by molar-refractivity contribution is 0.401. The molecular formula is C58H54N6. The highest BCUT2D eigenvalue weighted by molar-refractivity contribution is 6.11. The zero-order valence-corrected chi connectivity index (χ0v) is 36.6. The summed E-state index contributed by atoms with van der Waals surface area (Å²) in [6, 6.07) is 67.9. The van der Waals surface area contributed by atoms with Crippen LogP contribution in [0.4, 0.5) is 45.5 Å². The van der Waals surface area contributed by atoms with Gasteiger partial charge in [-0.2, -0.15) is 0 Å². The average molecular weight is 835 g/mol. The number of rotatable bonds is 16. The maximum atomic E-state index is 7.94. The Hall–Kier alpha value is -7.70. The molecule has 9 rings (SSSR count). The molecular weight excluding hydrogens is 781 g/mol. The molecule has 1 heterocycles. The first kappa shape index (κ1) is 41.6. The monoisotopic (exact) mass is 834 g/mol. The second kappa shape index (κ2) is 19.1. The van der Waals surface area contributed by atoms with Gasteiger partial charge >= 0.3 is 0 Å². The first-order valence-electron chi connectivity index (χ1n) is 22.5. The molecule has 1 aromatic heterocycles. The Morgan fingerprint density at radius 3 is 1.48 bits per heavy atom. The van der Waals surface area contributed by atoms with Gasteiger partial charge in [0.25, 0.3) is 0 Å². The highest BCUT2D eigenvalue weighted by atomic mass is 15.1. The molecule has 6 heteroatoms. The fourth-order valence-electron chi connectivity index (χ4n) is 8.80. The van der Waals surface area contributed by atoms with E-state index >= 15 is 0 Å². The van der Waals surface area contributed by atoms with E-state index < -0.39 is 0 Å². The van der Waals surface area contributed by atoms with Crippen LogP contribution in [0, 0.1) is 11.3 Å². The zero-order chi connectivity index (χ0) is 43.8. The van der Waals surface area contributed by atoms with Crippen molar-refractivity contribution in [2.24, 2.45) is 10.9 Å². The predicted octanol–water partition coefficient (Wildman–Crippen LogP) is 15.9. The smallest absolute Gasteiger partial charge is 0.0631 e. The molecule has 1 atom stereocenters. The molecule has 0 saturated heterocycles. The minimum Gasteiger partial charge on any atom is -0.399 e. The van der Waals surface area contributed by atoms with Gasteiger partial charge in [0.05, 0.1) is 5.69 Å². The van der Waals surface area contributed by atoms with Crippen molar-refractivity contribution < 1.29 is 0 Å². The molecule has 0 aliphatic heterocycles. The lowest BCUT2D eigenvalue weighted by Gasteiger charge is -2.26. The number of aromatic nitrogens is 1. The number of hydrogen-bond acceptors (Lipinski definition) is 5. The number of nitrogens with two attached hydrogens (primary N) is 1. The molecule has 0 saturated carbocycles. The number of hydrogen-bond donors (Lipinski definition) is 2. The van der Waals surface area contributed by atoms with Gasteiger partial charge in [0.15, 0.2) is 0 Å². The van der Waals surface area contributed by atoms with Gasteiger partial charge in [0.1, 0.15) is 0 Å². The topological polar surface area (TPSA) is 73.6 Å². The first-order chi connectivity index (χ1) is 31.5. The van der Waals surface area contributed by atoms with E-state index in [1.165, 1.54) is 47.3 Å². The van der Waals surface area contributed by atoms with Crippen LogP contribution in [0.2, 0.25) is 0 Å². The van der Waals surface area contributed by atoms with Crippen molar-refractivity contribution >= 4 is 79.7 Å². The van der Waals surface area contributed by atoms with Crippen LogP contribution in [0.25, 0.3) is 32.9 Å². The molecule has 64 heavy (non-hydrogen) atoms. The van der Waals surface area contributed by atoms with E-state index in [1.54, 1.807) is 0 Å². The Kier molecular flexibility index (Phi) is 12.5. The second-order valence-electron chi connectivity index (χ2n) is 16.5. The zero-order valence-electron chi connectivity index (χ0n) is 36.6. The highest BCUT2D eigenvalue weighted by Gasteiger charge is 2.17. The summed E-state index contributed by atoms with van der Waals surface area (Å²) in [5, 5.41) is 10.3. The normalized spacial score (nSPS) is 11.9. The Morgan fingerprint density at radius 1 is 0.547 bits per heavy atom. The fourth-order valence-corrected chi connectivity index (χ4v) is 8.80. The van der Waals surface area contributed by atoms with Crippen LogP contribution in [0.15, 0.2) is 199 Å². The number of para-hydroxylation sites is 2. The van der Waals surface area contributed by atoms with Gasteiger partial charge in [-0.05, 0) is 156 Å². The third-order valence-electron chi connectivity index (χ3n) is 12.3. The predicted molar refractivity (Wildman–Crippen MR) is 274 cm³/mol.